The van der Waals surface area contributed by atoms with Crippen molar-refractivity contribution < 1.29 is 29.0 Å². The van der Waals surface area contributed by atoms with Crippen LogP contribution in [0.2, 0.25) is 0 Å². The summed E-state index contributed by atoms with van der Waals surface area (Å²) in [5.41, 5.74) is 0. The molecule has 0 rings (SSSR count). The summed E-state index contributed by atoms with van der Waals surface area (Å²) in [6, 6.07) is 0. The molecule has 0 heterocycles. The summed E-state index contributed by atoms with van der Waals surface area (Å²) in [7, 11) is -4.40. The molecule has 0 saturated heterocycles. The van der Waals surface area contributed by atoms with Gasteiger partial charge < -0.3 is 14.9 Å². The third-order valence-electron chi connectivity index (χ3n) is 0.268. The predicted octanol–water partition coefficient (Wildman–Crippen LogP) is 0.0458. The van der Waals surface area contributed by atoms with Crippen molar-refractivity contribution in [2.45, 2.75) is 13.8 Å². The molecule has 0 saturated carbocycles. The minimum Gasteiger partial charge on any atom is -0.397 e. The van der Waals surface area contributed by atoms with Crippen LogP contribution >= 0.6 is 7.82 Å². The Morgan fingerprint density at radius 3 is 1.82 bits per heavy atom. The highest BCUT2D eigenvalue weighted by molar-refractivity contribution is 7.46. The topological polar surface area (TPSA) is 96.2 Å². The van der Waals surface area contributed by atoms with Gasteiger partial charge in [0.25, 0.3) is 0 Å². The largest absolute Gasteiger partial charge is 0.496 e. The van der Waals surface area contributed by atoms with E-state index in [0.29, 0.717) is 0 Å². The Labute approximate surface area is 64.9 Å². The summed E-state index contributed by atoms with van der Waals surface area (Å²) in [5.74, 6) is 0. The zero-order chi connectivity index (χ0) is 9.33. The fraction of sp³-hybridized carbons (Fsp3) is 1.00. The molecule has 11 heavy (non-hydrogen) atoms. The van der Waals surface area contributed by atoms with E-state index in [2.05, 4.69) is 9.56 Å². The molecule has 0 bridgehead atoms. The van der Waals surface area contributed by atoms with E-state index < -0.39 is 7.82 Å². The van der Waals surface area contributed by atoms with E-state index in [9.17, 15) is 4.57 Å². The second-order valence-electron chi connectivity index (χ2n) is 1.29. The maximum Gasteiger partial charge on any atom is 0.496 e. The summed E-state index contributed by atoms with van der Waals surface area (Å²) in [5, 5.41) is 7.57. The monoisotopic (exact) mass is 188 g/mol. The van der Waals surface area contributed by atoms with Gasteiger partial charge in [0.05, 0.1) is 6.61 Å². The van der Waals surface area contributed by atoms with Crippen molar-refractivity contribution >= 4 is 7.82 Å². The van der Waals surface area contributed by atoms with Crippen LogP contribution < -0.4 is 0 Å². The van der Waals surface area contributed by atoms with E-state index in [4.69, 9.17) is 14.9 Å². The lowest BCUT2D eigenvalue weighted by Gasteiger charge is -1.99. The van der Waals surface area contributed by atoms with Crippen LogP contribution in [0.4, 0.5) is 0 Å². The fourth-order valence-corrected chi connectivity index (χ4v) is 0.364. The Bertz CT molecular complexity index is 109. The molecule has 0 amide bonds. The van der Waals surface area contributed by atoms with Gasteiger partial charge in [0.2, 0.25) is 0 Å². The number of rotatable bonds is 3. The van der Waals surface area contributed by atoms with E-state index >= 15 is 0 Å². The van der Waals surface area contributed by atoms with Crippen LogP contribution in [0.3, 0.4) is 0 Å². The van der Waals surface area contributed by atoms with Gasteiger partial charge in [0.1, 0.15) is 0 Å². The van der Waals surface area contributed by atoms with Crippen molar-refractivity contribution in [3.05, 3.63) is 0 Å². The maximum absolute atomic E-state index is 9.74. The summed E-state index contributed by atoms with van der Waals surface area (Å²) in [6.45, 7) is 3.60. The average Bonchev–Trinajstić information content (AvgIpc) is 1.84. The number of hydrogen-bond donors (Lipinski definition) is 3. The Hall–Kier alpha value is 0.0300. The van der Waals surface area contributed by atoms with Gasteiger partial charge in [-0.3, -0.25) is 0 Å². The van der Waals surface area contributed by atoms with Gasteiger partial charge >= 0.3 is 7.82 Å². The lowest BCUT2D eigenvalue weighted by molar-refractivity contribution is -0.217. The van der Waals surface area contributed by atoms with Gasteiger partial charge in [-0.15, -0.1) is 4.67 Å². The Balaban J connectivity index is 0. The van der Waals surface area contributed by atoms with E-state index in [1.54, 1.807) is 13.8 Å². The molecule has 0 aromatic carbocycles. The summed E-state index contributed by atoms with van der Waals surface area (Å²) in [6.07, 6.45) is 0. The molecular formula is C4H13O6P. The first kappa shape index (κ1) is 13.6. The molecule has 0 aliphatic carbocycles. The van der Waals surface area contributed by atoms with E-state index in [1.165, 1.54) is 0 Å². The predicted molar refractivity (Wildman–Crippen MR) is 37.5 cm³/mol. The van der Waals surface area contributed by atoms with Gasteiger partial charge in [-0.25, -0.2) is 9.45 Å². The zero-order valence-corrected chi connectivity index (χ0v) is 7.32. The van der Waals surface area contributed by atoms with Gasteiger partial charge in [-0.1, -0.05) is 0 Å². The average molecular weight is 188 g/mol. The van der Waals surface area contributed by atoms with E-state index in [1.807, 2.05) is 0 Å². The highest BCUT2D eigenvalue weighted by Crippen LogP contribution is 2.35. The van der Waals surface area contributed by atoms with Crippen molar-refractivity contribution in [3.63, 3.8) is 0 Å². The first-order chi connectivity index (χ1) is 4.97. The molecule has 7 heteroatoms. The minimum absolute atomic E-state index is 0.116. The second-order valence-corrected chi connectivity index (χ2v) is 2.42. The number of aliphatic hydroxyl groups is 1. The molecule has 0 atom stereocenters. The smallest absolute Gasteiger partial charge is 0.397 e. The summed E-state index contributed by atoms with van der Waals surface area (Å²) >= 11 is 0. The van der Waals surface area contributed by atoms with E-state index in [0.717, 1.165) is 0 Å². The third kappa shape index (κ3) is 25.6. The second kappa shape index (κ2) is 8.13. The van der Waals surface area contributed by atoms with Crippen molar-refractivity contribution in [1.29, 1.82) is 0 Å². The molecule has 6 nitrogen and oxygen atoms in total. The minimum atomic E-state index is -4.40. The molecule has 0 aliphatic heterocycles. The van der Waals surface area contributed by atoms with Gasteiger partial charge in [-0.2, -0.15) is 0 Å². The quantitative estimate of drug-likeness (QED) is 0.329. The van der Waals surface area contributed by atoms with Crippen LogP contribution in [0.25, 0.3) is 0 Å². The van der Waals surface area contributed by atoms with Crippen LogP contribution in [-0.2, 0) is 14.1 Å². The highest BCUT2D eigenvalue weighted by Gasteiger charge is 2.13. The Kier molecular flexibility index (Phi) is 10.1. The van der Waals surface area contributed by atoms with Crippen LogP contribution in [0.15, 0.2) is 0 Å². The molecule has 3 N–H and O–H groups in total. The summed E-state index contributed by atoms with van der Waals surface area (Å²) < 4.78 is 13.3. The first-order valence-electron chi connectivity index (χ1n) is 2.95. The normalized spacial score (nSPS) is 10.3. The third-order valence-corrected chi connectivity index (χ3v) is 0.567. The SMILES string of the molecule is CCO.CCOOP(=O)(O)O. The molecule has 0 aromatic heterocycles. The van der Waals surface area contributed by atoms with Crippen molar-refractivity contribution in [2.24, 2.45) is 0 Å². The fourth-order valence-electron chi connectivity index (χ4n) is 0.121. The lowest BCUT2D eigenvalue weighted by atomic mass is 10.9. The van der Waals surface area contributed by atoms with Crippen molar-refractivity contribution in [3.8, 4) is 0 Å². The first-order valence-corrected chi connectivity index (χ1v) is 4.48. The van der Waals surface area contributed by atoms with Crippen LogP contribution in [0.1, 0.15) is 13.8 Å². The molecule has 0 radical (unpaired) electrons. The molecule has 70 valence electrons. The van der Waals surface area contributed by atoms with Gasteiger partial charge in [0, 0.05) is 6.61 Å². The summed E-state index contributed by atoms with van der Waals surface area (Å²) in [4.78, 5) is 19.8. The maximum atomic E-state index is 9.74. The Morgan fingerprint density at radius 2 is 1.73 bits per heavy atom. The molecule has 0 spiro atoms. The van der Waals surface area contributed by atoms with Crippen molar-refractivity contribution in [1.82, 2.24) is 0 Å². The van der Waals surface area contributed by atoms with E-state index in [-0.39, 0.29) is 13.2 Å². The standard InChI is InChI=1S/C2H7O5P.C2H6O/c1-2-6-7-8(3,4)5;1-2-3/h2H2,1H3,(H2,3,4,5);3H,2H2,1H3. The molecule has 0 unspecified atom stereocenters. The lowest BCUT2D eigenvalue weighted by Crippen LogP contribution is -1.89. The highest BCUT2D eigenvalue weighted by atomic mass is 31.2. The Morgan fingerprint density at radius 1 is 1.36 bits per heavy atom. The molecule has 0 fully saturated rings. The van der Waals surface area contributed by atoms with Crippen LogP contribution in [0, 0.1) is 0 Å². The van der Waals surface area contributed by atoms with Crippen LogP contribution in [-0.4, -0.2) is 28.1 Å². The van der Waals surface area contributed by atoms with Gasteiger partial charge in [-0.05, 0) is 13.8 Å². The number of aliphatic hydroxyl groups excluding tert-OH is 1. The van der Waals surface area contributed by atoms with Crippen molar-refractivity contribution in [2.75, 3.05) is 13.2 Å². The number of phosphoric acid groups is 1. The number of hydrogen-bond acceptors (Lipinski definition) is 4. The molecular weight excluding hydrogens is 175 g/mol. The molecule has 0 aliphatic rings. The van der Waals surface area contributed by atoms with Crippen LogP contribution in [0.5, 0.6) is 0 Å². The zero-order valence-electron chi connectivity index (χ0n) is 6.43. The van der Waals surface area contributed by atoms with Gasteiger partial charge in [0.15, 0.2) is 0 Å². The molecule has 0 aromatic rings.